The molecule has 2 N–H and O–H groups in total. The topological polar surface area (TPSA) is 83.1 Å². The number of aliphatic imine (C=N–C) groups is 1. The Kier molecular flexibility index (Phi) is 7.90. The van der Waals surface area contributed by atoms with E-state index in [-0.39, 0.29) is 30.1 Å². The Labute approximate surface area is 192 Å². The maximum absolute atomic E-state index is 6.22. The first kappa shape index (κ1) is 22.0. The molecule has 4 heterocycles. The molecule has 0 radical (unpaired) electrons. The summed E-state index contributed by atoms with van der Waals surface area (Å²) in [6.07, 6.45) is 3.99. The number of pyridine rings is 1. The third-order valence-electron chi connectivity index (χ3n) is 5.09. The maximum atomic E-state index is 6.22. The van der Waals surface area contributed by atoms with Crippen molar-refractivity contribution < 1.29 is 4.74 Å². The van der Waals surface area contributed by atoms with Gasteiger partial charge in [-0.15, -0.1) is 35.3 Å². The van der Waals surface area contributed by atoms with E-state index in [1.165, 1.54) is 0 Å². The van der Waals surface area contributed by atoms with Crippen LogP contribution in [0.1, 0.15) is 12.5 Å². The molecule has 0 aromatic carbocycles. The van der Waals surface area contributed by atoms with Gasteiger partial charge in [0.1, 0.15) is 5.82 Å². The molecule has 0 spiro atoms. The summed E-state index contributed by atoms with van der Waals surface area (Å²) in [6.45, 7) is 8.71. The lowest BCUT2D eigenvalue weighted by Crippen LogP contribution is -2.51. The number of hydrogen-bond acceptors (Lipinski definition) is 7. The molecule has 0 saturated carbocycles. The van der Waals surface area contributed by atoms with E-state index < -0.39 is 0 Å². The molecule has 1 atom stereocenters. The number of halogens is 1. The standard InChI is InChI=1S/C19H27N7OS.HI/c1-15-14-26(9-10-27-15)17-3-2-16(12-22-17)13-23-18(20)24-5-7-25(8-6-24)19-21-4-11-28-19;/h2-4,11-12,15H,5-10,13-14H2,1H3,(H2,20,23);1H. The first-order chi connectivity index (χ1) is 13.7. The molecule has 0 bridgehead atoms. The predicted molar refractivity (Wildman–Crippen MR) is 129 cm³/mol. The Balaban J connectivity index is 0.00000240. The van der Waals surface area contributed by atoms with Crippen molar-refractivity contribution in [3.05, 3.63) is 35.5 Å². The average molecular weight is 529 g/mol. The van der Waals surface area contributed by atoms with Crippen molar-refractivity contribution >= 4 is 52.2 Å². The van der Waals surface area contributed by atoms with Crippen LogP contribution < -0.4 is 15.5 Å². The molecule has 1 unspecified atom stereocenters. The summed E-state index contributed by atoms with van der Waals surface area (Å²) in [5, 5.41) is 3.09. The van der Waals surface area contributed by atoms with Crippen molar-refractivity contribution in [3.8, 4) is 0 Å². The highest BCUT2D eigenvalue weighted by atomic mass is 127. The minimum atomic E-state index is 0. The Bertz CT molecular complexity index is 778. The molecular weight excluding hydrogens is 501 g/mol. The van der Waals surface area contributed by atoms with Crippen molar-refractivity contribution in [2.75, 3.05) is 55.7 Å². The fourth-order valence-corrected chi connectivity index (χ4v) is 4.19. The molecule has 0 amide bonds. The summed E-state index contributed by atoms with van der Waals surface area (Å²) in [5.41, 5.74) is 7.29. The fourth-order valence-electron chi connectivity index (χ4n) is 3.50. The highest BCUT2D eigenvalue weighted by Gasteiger charge is 2.20. The first-order valence-corrected chi connectivity index (χ1v) is 10.6. The Morgan fingerprint density at radius 2 is 2.03 bits per heavy atom. The second-order valence-electron chi connectivity index (χ2n) is 7.12. The Hall–Kier alpha value is -1.66. The van der Waals surface area contributed by atoms with Crippen LogP contribution in [0.2, 0.25) is 0 Å². The molecule has 158 valence electrons. The van der Waals surface area contributed by atoms with Gasteiger partial charge in [-0.25, -0.2) is 15.0 Å². The number of aromatic nitrogens is 2. The van der Waals surface area contributed by atoms with Crippen molar-refractivity contribution in [2.45, 2.75) is 19.6 Å². The summed E-state index contributed by atoms with van der Waals surface area (Å²) < 4.78 is 5.59. The SMILES string of the molecule is CC1CN(c2ccc(CN=C(N)N3CCN(c4nccs4)CC3)cn2)CCO1.I. The Morgan fingerprint density at radius 3 is 2.69 bits per heavy atom. The zero-order valence-corrected chi connectivity index (χ0v) is 19.8. The van der Waals surface area contributed by atoms with E-state index in [1.54, 1.807) is 11.3 Å². The number of anilines is 2. The largest absolute Gasteiger partial charge is 0.375 e. The van der Waals surface area contributed by atoms with Crippen LogP contribution in [0.15, 0.2) is 34.9 Å². The number of morpholine rings is 1. The minimum Gasteiger partial charge on any atom is -0.375 e. The maximum Gasteiger partial charge on any atom is 0.191 e. The average Bonchev–Trinajstić information content (AvgIpc) is 3.27. The molecule has 2 saturated heterocycles. The number of hydrogen-bond donors (Lipinski definition) is 1. The van der Waals surface area contributed by atoms with E-state index in [0.717, 1.165) is 62.4 Å². The minimum absolute atomic E-state index is 0. The molecule has 2 aromatic heterocycles. The van der Waals surface area contributed by atoms with E-state index in [2.05, 4.69) is 48.7 Å². The van der Waals surface area contributed by atoms with Gasteiger partial charge in [-0.1, -0.05) is 6.07 Å². The van der Waals surface area contributed by atoms with Gasteiger partial charge in [0, 0.05) is 57.0 Å². The van der Waals surface area contributed by atoms with E-state index >= 15 is 0 Å². The summed E-state index contributed by atoms with van der Waals surface area (Å²) in [5.74, 6) is 1.60. The van der Waals surface area contributed by atoms with Gasteiger partial charge in [0.05, 0.1) is 19.3 Å². The quantitative estimate of drug-likeness (QED) is 0.369. The lowest BCUT2D eigenvalue weighted by Gasteiger charge is -2.35. The number of piperazine rings is 1. The second kappa shape index (κ2) is 10.4. The van der Waals surface area contributed by atoms with Gasteiger partial charge in [-0.3, -0.25) is 0 Å². The number of thiazole rings is 1. The number of nitrogens with zero attached hydrogens (tertiary/aromatic N) is 6. The molecule has 29 heavy (non-hydrogen) atoms. The molecule has 2 aliphatic heterocycles. The molecule has 0 aliphatic carbocycles. The van der Waals surface area contributed by atoms with Gasteiger partial charge in [-0.2, -0.15) is 0 Å². The van der Waals surface area contributed by atoms with Crippen LogP contribution >= 0.6 is 35.3 Å². The lowest BCUT2D eigenvalue weighted by molar-refractivity contribution is 0.0529. The van der Waals surface area contributed by atoms with Gasteiger partial charge in [0.15, 0.2) is 11.1 Å². The van der Waals surface area contributed by atoms with Gasteiger partial charge >= 0.3 is 0 Å². The molecular formula is C19H28IN7OS. The van der Waals surface area contributed by atoms with Crippen LogP contribution in [0.4, 0.5) is 10.9 Å². The van der Waals surface area contributed by atoms with Crippen LogP contribution in [0.25, 0.3) is 0 Å². The van der Waals surface area contributed by atoms with Gasteiger partial charge < -0.3 is 25.2 Å². The van der Waals surface area contributed by atoms with Crippen LogP contribution in [-0.4, -0.2) is 72.8 Å². The van der Waals surface area contributed by atoms with Crippen molar-refractivity contribution in [1.82, 2.24) is 14.9 Å². The molecule has 2 aliphatic rings. The normalized spacial score (nSPS) is 20.5. The van der Waals surface area contributed by atoms with E-state index in [4.69, 9.17) is 10.5 Å². The highest BCUT2D eigenvalue weighted by molar-refractivity contribution is 14.0. The second-order valence-corrected chi connectivity index (χ2v) is 7.99. The number of guanidine groups is 1. The number of nitrogens with two attached hydrogens (primary N) is 1. The molecule has 2 fully saturated rings. The van der Waals surface area contributed by atoms with E-state index in [9.17, 15) is 0 Å². The zero-order valence-electron chi connectivity index (χ0n) is 16.6. The predicted octanol–water partition coefficient (Wildman–Crippen LogP) is 2.02. The van der Waals surface area contributed by atoms with Crippen molar-refractivity contribution in [2.24, 2.45) is 10.7 Å². The van der Waals surface area contributed by atoms with Gasteiger partial charge in [0.2, 0.25) is 0 Å². The van der Waals surface area contributed by atoms with E-state index in [1.807, 2.05) is 17.8 Å². The third kappa shape index (κ3) is 5.70. The number of rotatable bonds is 4. The third-order valence-corrected chi connectivity index (χ3v) is 5.92. The van der Waals surface area contributed by atoms with Crippen LogP contribution in [0, 0.1) is 0 Å². The zero-order chi connectivity index (χ0) is 19.3. The number of ether oxygens (including phenoxy) is 1. The fraction of sp³-hybridized carbons (Fsp3) is 0.526. The van der Waals surface area contributed by atoms with Crippen molar-refractivity contribution in [1.29, 1.82) is 0 Å². The first-order valence-electron chi connectivity index (χ1n) is 9.70. The lowest BCUT2D eigenvalue weighted by atomic mass is 10.2. The van der Waals surface area contributed by atoms with Crippen LogP contribution in [0.5, 0.6) is 0 Å². The van der Waals surface area contributed by atoms with Crippen molar-refractivity contribution in [3.63, 3.8) is 0 Å². The van der Waals surface area contributed by atoms with Gasteiger partial charge in [0.25, 0.3) is 0 Å². The highest BCUT2D eigenvalue weighted by Crippen LogP contribution is 2.19. The summed E-state index contributed by atoms with van der Waals surface area (Å²) in [6, 6.07) is 4.14. The summed E-state index contributed by atoms with van der Waals surface area (Å²) in [4.78, 5) is 20.2. The Morgan fingerprint density at radius 1 is 1.21 bits per heavy atom. The van der Waals surface area contributed by atoms with E-state index in [0.29, 0.717) is 12.5 Å². The molecule has 8 nitrogen and oxygen atoms in total. The van der Waals surface area contributed by atoms with Gasteiger partial charge in [-0.05, 0) is 18.6 Å². The smallest absolute Gasteiger partial charge is 0.191 e. The monoisotopic (exact) mass is 529 g/mol. The van der Waals surface area contributed by atoms with Crippen LogP contribution in [-0.2, 0) is 11.3 Å². The summed E-state index contributed by atoms with van der Waals surface area (Å²) in [7, 11) is 0. The molecule has 4 rings (SSSR count). The molecule has 10 heteroatoms. The summed E-state index contributed by atoms with van der Waals surface area (Å²) >= 11 is 1.68. The van der Waals surface area contributed by atoms with Crippen LogP contribution in [0.3, 0.4) is 0 Å². The molecule has 2 aromatic rings.